The summed E-state index contributed by atoms with van der Waals surface area (Å²) in [5, 5.41) is 0. The second-order valence-electron chi connectivity index (χ2n) is 19.7. The van der Waals surface area contributed by atoms with Crippen molar-refractivity contribution in [1.82, 2.24) is 34.1 Å². The van der Waals surface area contributed by atoms with Gasteiger partial charge in [-0.15, -0.1) is 0 Å². The van der Waals surface area contributed by atoms with Crippen LogP contribution in [0.15, 0.2) is 136 Å². The molecule has 0 aliphatic carbocycles. The van der Waals surface area contributed by atoms with Gasteiger partial charge in [-0.2, -0.15) is 0 Å². The molecule has 7 rings (SSSR count). The number of aromatic nitrogens is 5. The Hall–Kier alpha value is -7.18. The van der Waals surface area contributed by atoms with Crippen LogP contribution < -0.4 is 11.3 Å². The number of rotatable bonds is 16. The molecule has 0 aliphatic rings. The number of ether oxygens (including phenoxy) is 4. The monoisotopic (exact) mass is 1160 g/mol. The number of amides is 2. The third-order valence-electron chi connectivity index (χ3n) is 11.1. The molecule has 0 spiro atoms. The molecule has 4 aromatic carbocycles. The number of carbonyl (C=O) groups excluding carboxylic acids is 3. The van der Waals surface area contributed by atoms with Crippen molar-refractivity contribution in [1.29, 1.82) is 0 Å². The van der Waals surface area contributed by atoms with Crippen LogP contribution in [0.5, 0.6) is 0 Å². The quantitative estimate of drug-likeness (QED) is 0.0360. The van der Waals surface area contributed by atoms with Crippen LogP contribution >= 0.6 is 31.9 Å². The molecule has 18 heteroatoms. The summed E-state index contributed by atoms with van der Waals surface area (Å²) >= 11 is 6.82. The molecule has 0 saturated carbocycles. The number of nitrogen functional groups attached to an aromatic ring is 1. The van der Waals surface area contributed by atoms with Crippen LogP contribution in [0, 0.1) is 0 Å². The van der Waals surface area contributed by atoms with E-state index < -0.39 is 17.2 Å². The summed E-state index contributed by atoms with van der Waals surface area (Å²) in [4.78, 5) is 67.7. The first-order chi connectivity index (χ1) is 36.1. The summed E-state index contributed by atoms with van der Waals surface area (Å²) in [6.07, 6.45) is 9.92. The number of imidazole rings is 2. The van der Waals surface area contributed by atoms with E-state index in [2.05, 4.69) is 65.6 Å². The lowest BCUT2D eigenvalue weighted by atomic mass is 10.0. The Balaban J connectivity index is 0.000000233. The minimum Gasteiger partial charge on any atom is -0.503 e. The fraction of sp³-hybridized carbons (Fsp3) is 0.345. The van der Waals surface area contributed by atoms with E-state index in [4.69, 9.17) is 24.7 Å². The molecular weight excluding hydrogens is 1100 g/mol. The average Bonchev–Trinajstić information content (AvgIpc) is 4.01. The molecule has 76 heavy (non-hydrogen) atoms. The highest BCUT2D eigenvalue weighted by molar-refractivity contribution is 9.10. The number of nitrogens with one attached hydrogen (secondary N) is 2. The second kappa shape index (κ2) is 28.1. The Kier molecular flexibility index (Phi) is 22.1. The molecule has 4 N–H and O–H groups in total. The number of methoxy groups -OCH3 is 2. The number of halogens is 2. The van der Waals surface area contributed by atoms with E-state index in [0.29, 0.717) is 54.6 Å². The second-order valence-corrected chi connectivity index (χ2v) is 21.5. The Morgan fingerprint density at radius 2 is 1.17 bits per heavy atom. The maximum Gasteiger partial charge on any atom is 0.410 e. The van der Waals surface area contributed by atoms with Gasteiger partial charge >= 0.3 is 18.2 Å². The Bertz CT molecular complexity index is 3060. The van der Waals surface area contributed by atoms with Crippen LogP contribution in [0.3, 0.4) is 0 Å². The summed E-state index contributed by atoms with van der Waals surface area (Å²) in [6.45, 7) is 17.5. The number of carbonyl (C=O) groups is 3. The number of aromatic amines is 2. The Morgan fingerprint density at radius 1 is 0.684 bits per heavy atom. The van der Waals surface area contributed by atoms with Crippen molar-refractivity contribution in [3.63, 3.8) is 0 Å². The minimum absolute atomic E-state index is 0.207. The number of hydrogen-bond donors (Lipinski definition) is 3. The van der Waals surface area contributed by atoms with Crippen molar-refractivity contribution >= 4 is 67.3 Å². The zero-order chi connectivity index (χ0) is 55.6. The van der Waals surface area contributed by atoms with Crippen molar-refractivity contribution in [3.8, 4) is 33.6 Å². The highest BCUT2D eigenvalue weighted by Crippen LogP contribution is 2.25. The third-order valence-corrected chi connectivity index (χ3v) is 12.2. The number of anilines is 1. The lowest BCUT2D eigenvalue weighted by Gasteiger charge is -2.27. The molecule has 7 aromatic rings. The number of fused-ring (bicyclic) bond motifs is 1. The number of nitrogens with zero attached hydrogens (tertiary/aromatic N) is 5. The molecule has 16 nitrogen and oxygen atoms in total. The maximum absolute atomic E-state index is 12.8. The molecular formula is C58H70Br2N8O8. The summed E-state index contributed by atoms with van der Waals surface area (Å²) < 4.78 is 24.7. The van der Waals surface area contributed by atoms with Crippen molar-refractivity contribution < 1.29 is 33.3 Å². The lowest BCUT2D eigenvalue weighted by Crippen LogP contribution is -2.37. The van der Waals surface area contributed by atoms with Crippen LogP contribution in [0.4, 0.5) is 15.5 Å². The fourth-order valence-electron chi connectivity index (χ4n) is 7.33. The van der Waals surface area contributed by atoms with Crippen molar-refractivity contribution in [2.45, 2.75) is 105 Å². The van der Waals surface area contributed by atoms with E-state index in [0.717, 1.165) is 73.8 Å². The van der Waals surface area contributed by atoms with Gasteiger partial charge in [0.1, 0.15) is 16.8 Å². The smallest absolute Gasteiger partial charge is 0.410 e. The van der Waals surface area contributed by atoms with Gasteiger partial charge in [-0.05, 0) is 106 Å². The summed E-state index contributed by atoms with van der Waals surface area (Å²) in [5.74, 6) is 0.461. The van der Waals surface area contributed by atoms with E-state index in [9.17, 15) is 19.2 Å². The highest BCUT2D eigenvalue weighted by atomic mass is 79.9. The minimum atomic E-state index is -0.546. The Morgan fingerprint density at radius 3 is 1.62 bits per heavy atom. The molecule has 0 fully saturated rings. The van der Waals surface area contributed by atoms with Gasteiger partial charge in [-0.1, -0.05) is 131 Å². The molecule has 404 valence electrons. The lowest BCUT2D eigenvalue weighted by molar-refractivity contribution is -0.133. The summed E-state index contributed by atoms with van der Waals surface area (Å²) in [6, 6.07) is 30.9. The fourth-order valence-corrected chi connectivity index (χ4v) is 7.86. The maximum atomic E-state index is 12.8. The van der Waals surface area contributed by atoms with Gasteiger partial charge in [-0.3, -0.25) is 14.2 Å². The van der Waals surface area contributed by atoms with Gasteiger partial charge < -0.3 is 39.5 Å². The van der Waals surface area contributed by atoms with E-state index in [1.807, 2.05) is 149 Å². The summed E-state index contributed by atoms with van der Waals surface area (Å²) in [5.41, 5.74) is 12.2. The van der Waals surface area contributed by atoms with Crippen LogP contribution in [-0.2, 0) is 36.8 Å². The zero-order valence-electron chi connectivity index (χ0n) is 45.0. The summed E-state index contributed by atoms with van der Waals surface area (Å²) in [7, 11) is 2.80. The topological polar surface area (TPSA) is 199 Å². The molecule has 0 saturated heterocycles. The molecule has 0 atom stereocenters. The number of unbranched alkanes of at least 4 members (excludes halogenated alkanes) is 2. The predicted octanol–water partition coefficient (Wildman–Crippen LogP) is 13.5. The molecule has 0 bridgehead atoms. The number of nitrogens with two attached hydrogens (primary N) is 1. The largest absolute Gasteiger partial charge is 0.503 e. The number of H-pyrrole nitrogens is 2. The van der Waals surface area contributed by atoms with Gasteiger partial charge in [0.05, 0.1) is 43.6 Å². The molecule has 3 heterocycles. The highest BCUT2D eigenvalue weighted by Gasteiger charge is 2.24. The molecule has 0 radical (unpaired) electrons. The normalized spacial score (nSPS) is 11.4. The van der Waals surface area contributed by atoms with E-state index in [1.54, 1.807) is 22.2 Å². The van der Waals surface area contributed by atoms with E-state index in [1.165, 1.54) is 20.5 Å². The van der Waals surface area contributed by atoms with E-state index >= 15 is 0 Å². The SMILES string of the molecule is CCCCN(Cc1ccc(-c2cn3cc(-c4ccc(Br)cc4)nc3[nH]c2=O)cc1)C(=O)OC(C)(C)C.CCCCN(Cc1ccc(/C(=C\OC)C(=O)OC)cc1)C(=O)OC(C)(C)C.Nc1ncc(-c2ccc(Br)cc2)[nH]1. The van der Waals surface area contributed by atoms with Gasteiger partial charge in [0.2, 0.25) is 5.78 Å². The average molecular weight is 1170 g/mol. The standard InChI is InChI=1S/C28H31BrN4O3.C21H31NO5.C9H8BrN3/c1-5-6-15-32(27(35)36-28(2,3)4)16-19-7-9-20(10-8-19)23-17-33-18-24(30-26(33)31-25(23)34)21-11-13-22(29)14-12-21;1-7-8-13-22(20(24)27-21(2,3)4)14-16-9-11-17(12-10-16)18(15-25-5)19(23)26-6;10-7-3-1-6(2-4-7)8-5-12-9(11)13-8/h7-14,17-18H,5-6,15-16H2,1-4H3,(H,30,31,34);9-12,15H,7-8,13-14H2,1-6H3;1-5H,(H3,11,12,13)/b;18-15+;. The van der Waals surface area contributed by atoms with E-state index in [-0.39, 0.29) is 17.7 Å². The van der Waals surface area contributed by atoms with Crippen molar-refractivity contribution in [2.75, 3.05) is 33.0 Å². The Labute approximate surface area is 462 Å². The van der Waals surface area contributed by atoms with Gasteiger partial charge in [0.15, 0.2) is 5.95 Å². The third kappa shape index (κ3) is 18.6. The zero-order valence-corrected chi connectivity index (χ0v) is 48.2. The van der Waals surface area contributed by atoms with Crippen LogP contribution in [0.1, 0.15) is 97.8 Å². The van der Waals surface area contributed by atoms with Gasteiger partial charge in [-0.25, -0.2) is 24.4 Å². The first-order valence-electron chi connectivity index (χ1n) is 25.0. The molecule has 0 aliphatic heterocycles. The number of benzene rings is 4. The van der Waals surface area contributed by atoms with Crippen molar-refractivity contribution in [3.05, 3.63) is 158 Å². The number of esters is 1. The molecule has 3 aromatic heterocycles. The van der Waals surface area contributed by atoms with Gasteiger partial charge in [0.25, 0.3) is 5.56 Å². The van der Waals surface area contributed by atoms with Gasteiger partial charge in [0, 0.05) is 53.1 Å². The number of hydrogen-bond acceptors (Lipinski definition) is 11. The first-order valence-corrected chi connectivity index (χ1v) is 26.6. The molecule has 2 amide bonds. The van der Waals surface area contributed by atoms with Crippen LogP contribution in [0.2, 0.25) is 0 Å². The van der Waals surface area contributed by atoms with Crippen molar-refractivity contribution in [2.24, 2.45) is 0 Å². The van der Waals surface area contributed by atoms with Crippen LogP contribution in [-0.4, -0.2) is 90.8 Å². The molecule has 0 unspecified atom stereocenters. The first kappa shape index (κ1) is 59.7. The van der Waals surface area contributed by atoms with Crippen LogP contribution in [0.25, 0.3) is 45.0 Å². The predicted molar refractivity (Wildman–Crippen MR) is 307 cm³/mol.